The molecule has 0 bridgehead atoms. The SMILES string of the molecule is CN1C(=O)N(c2cc(Cl)cc(Cl)c2)C(=O)C12CN(CC(=O)NCc1ccccc1)CC2c1ccc(C#N)cc1. The van der Waals surface area contributed by atoms with Crippen LogP contribution in [0.2, 0.25) is 10.0 Å². The van der Waals surface area contributed by atoms with Gasteiger partial charge >= 0.3 is 6.03 Å². The summed E-state index contributed by atoms with van der Waals surface area (Å²) < 4.78 is 0. The summed E-state index contributed by atoms with van der Waals surface area (Å²) in [6.07, 6.45) is 0. The fourth-order valence-corrected chi connectivity index (χ4v) is 5.98. The van der Waals surface area contributed by atoms with Crippen molar-refractivity contribution < 1.29 is 14.4 Å². The number of rotatable bonds is 6. The molecule has 1 N–H and O–H groups in total. The van der Waals surface area contributed by atoms with Crippen molar-refractivity contribution >= 4 is 46.7 Å². The Kier molecular flexibility index (Phi) is 7.32. The molecule has 3 aromatic carbocycles. The minimum Gasteiger partial charge on any atom is -0.351 e. The first-order valence-corrected chi connectivity index (χ1v) is 13.1. The largest absolute Gasteiger partial charge is 0.351 e. The topological polar surface area (TPSA) is 96.8 Å². The highest BCUT2D eigenvalue weighted by molar-refractivity contribution is 6.35. The molecule has 5 rings (SSSR count). The van der Waals surface area contributed by atoms with E-state index in [-0.39, 0.29) is 24.7 Å². The molecule has 0 radical (unpaired) electrons. The van der Waals surface area contributed by atoms with Crippen molar-refractivity contribution in [2.45, 2.75) is 18.0 Å². The summed E-state index contributed by atoms with van der Waals surface area (Å²) in [5, 5.41) is 12.8. The van der Waals surface area contributed by atoms with Crippen molar-refractivity contribution in [3.63, 3.8) is 0 Å². The van der Waals surface area contributed by atoms with Crippen LogP contribution in [0.3, 0.4) is 0 Å². The Morgan fingerprint density at radius 3 is 2.36 bits per heavy atom. The van der Waals surface area contributed by atoms with Gasteiger partial charge in [-0.2, -0.15) is 5.26 Å². The van der Waals surface area contributed by atoms with Gasteiger partial charge in [-0.15, -0.1) is 0 Å². The highest BCUT2D eigenvalue weighted by atomic mass is 35.5. The fourth-order valence-electron chi connectivity index (χ4n) is 5.47. The van der Waals surface area contributed by atoms with Crippen LogP contribution in [0.5, 0.6) is 0 Å². The van der Waals surface area contributed by atoms with Gasteiger partial charge in [0.1, 0.15) is 5.54 Å². The van der Waals surface area contributed by atoms with Gasteiger partial charge in [-0.05, 0) is 41.5 Å². The molecule has 10 heteroatoms. The molecule has 2 saturated heterocycles. The van der Waals surface area contributed by atoms with Crippen LogP contribution < -0.4 is 10.2 Å². The molecule has 2 unspecified atom stereocenters. The van der Waals surface area contributed by atoms with Crippen LogP contribution in [0.1, 0.15) is 22.6 Å². The first-order chi connectivity index (χ1) is 18.7. The molecule has 1 spiro atoms. The lowest BCUT2D eigenvalue weighted by Gasteiger charge is -2.34. The molecular weight excluding hydrogens is 537 g/mol. The predicted octanol–water partition coefficient (Wildman–Crippen LogP) is 4.42. The Morgan fingerprint density at radius 2 is 1.72 bits per heavy atom. The third-order valence-corrected chi connectivity index (χ3v) is 7.82. The maximum absolute atomic E-state index is 14.2. The molecule has 2 aliphatic rings. The molecule has 2 fully saturated rings. The number of nitrogens with one attached hydrogen (secondary N) is 1. The molecule has 39 heavy (non-hydrogen) atoms. The van der Waals surface area contributed by atoms with E-state index in [0.717, 1.165) is 16.0 Å². The van der Waals surface area contributed by atoms with Gasteiger partial charge in [-0.1, -0.05) is 65.7 Å². The maximum Gasteiger partial charge on any atom is 0.332 e. The smallest absolute Gasteiger partial charge is 0.332 e. The zero-order chi connectivity index (χ0) is 27.7. The Balaban J connectivity index is 1.46. The molecule has 8 nitrogen and oxygen atoms in total. The first-order valence-electron chi connectivity index (χ1n) is 12.3. The quantitative estimate of drug-likeness (QED) is 0.449. The number of amides is 4. The summed E-state index contributed by atoms with van der Waals surface area (Å²) in [7, 11) is 1.60. The summed E-state index contributed by atoms with van der Waals surface area (Å²) in [4.78, 5) is 45.1. The van der Waals surface area contributed by atoms with E-state index in [1.807, 2.05) is 35.2 Å². The van der Waals surface area contributed by atoms with Crippen molar-refractivity contribution in [1.82, 2.24) is 15.1 Å². The van der Waals surface area contributed by atoms with Gasteiger partial charge in [0.2, 0.25) is 5.91 Å². The lowest BCUT2D eigenvalue weighted by atomic mass is 9.80. The third-order valence-electron chi connectivity index (χ3n) is 7.38. The number of benzene rings is 3. The average molecular weight is 562 g/mol. The van der Waals surface area contributed by atoms with E-state index in [0.29, 0.717) is 28.7 Å². The number of anilines is 1. The minimum absolute atomic E-state index is 0.0552. The Bertz CT molecular complexity index is 1450. The number of nitrogens with zero attached hydrogens (tertiary/aromatic N) is 4. The van der Waals surface area contributed by atoms with Crippen LogP contribution in [-0.4, -0.2) is 59.9 Å². The molecule has 0 aromatic heterocycles. The van der Waals surface area contributed by atoms with Crippen molar-refractivity contribution in [1.29, 1.82) is 5.26 Å². The summed E-state index contributed by atoms with van der Waals surface area (Å²) in [5.41, 5.74) is 1.26. The standard InChI is InChI=1S/C29H25Cl2N5O3/c1-34-28(39)36(24-12-22(30)11-23(31)13-24)27(38)29(34)18-35(16-25(29)21-9-7-19(14-32)8-10-21)17-26(37)33-15-20-5-3-2-4-6-20/h2-13,25H,15-18H2,1H3,(H,33,37). The number of likely N-dealkylation sites (N-methyl/N-ethyl adjacent to an activating group) is 1. The van der Waals surface area contributed by atoms with Crippen LogP contribution in [0.4, 0.5) is 10.5 Å². The Hall–Kier alpha value is -3.90. The molecule has 198 valence electrons. The van der Waals surface area contributed by atoms with Gasteiger partial charge in [0.25, 0.3) is 5.91 Å². The molecule has 2 heterocycles. The van der Waals surface area contributed by atoms with E-state index in [2.05, 4.69) is 11.4 Å². The maximum atomic E-state index is 14.2. The molecule has 0 aliphatic carbocycles. The van der Waals surface area contributed by atoms with E-state index in [1.54, 1.807) is 31.3 Å². The number of hydrogen-bond acceptors (Lipinski definition) is 5. The van der Waals surface area contributed by atoms with E-state index < -0.39 is 23.4 Å². The van der Waals surface area contributed by atoms with Crippen LogP contribution in [0, 0.1) is 11.3 Å². The number of imide groups is 1. The highest BCUT2D eigenvalue weighted by Crippen LogP contribution is 2.46. The van der Waals surface area contributed by atoms with Crippen molar-refractivity contribution in [2.24, 2.45) is 0 Å². The number of likely N-dealkylation sites (tertiary alicyclic amines) is 1. The fraction of sp³-hybridized carbons (Fsp3) is 0.241. The van der Waals surface area contributed by atoms with Crippen LogP contribution >= 0.6 is 23.2 Å². The second-order valence-corrected chi connectivity index (χ2v) is 10.6. The minimum atomic E-state index is -1.28. The van der Waals surface area contributed by atoms with Crippen LogP contribution in [0.15, 0.2) is 72.8 Å². The lowest BCUT2D eigenvalue weighted by molar-refractivity contribution is -0.126. The number of carbonyl (C=O) groups excluding carboxylic acids is 3. The van der Waals surface area contributed by atoms with E-state index >= 15 is 0 Å². The van der Waals surface area contributed by atoms with Gasteiger partial charge < -0.3 is 10.2 Å². The van der Waals surface area contributed by atoms with Crippen molar-refractivity contribution in [3.8, 4) is 6.07 Å². The molecule has 4 amide bonds. The van der Waals surface area contributed by atoms with E-state index in [1.165, 1.54) is 23.1 Å². The number of halogens is 2. The van der Waals surface area contributed by atoms with E-state index in [9.17, 15) is 19.6 Å². The summed E-state index contributed by atoms with van der Waals surface area (Å²) in [6.45, 7) is 0.957. The molecular formula is C29H25Cl2N5O3. The highest BCUT2D eigenvalue weighted by Gasteiger charge is 2.64. The normalized spacial score (nSPS) is 21.0. The van der Waals surface area contributed by atoms with Crippen LogP contribution in [-0.2, 0) is 16.1 Å². The van der Waals surface area contributed by atoms with Gasteiger partial charge in [0.15, 0.2) is 0 Å². The Morgan fingerprint density at radius 1 is 1.05 bits per heavy atom. The summed E-state index contributed by atoms with van der Waals surface area (Å²) >= 11 is 12.4. The summed E-state index contributed by atoms with van der Waals surface area (Å²) in [6, 6.07) is 22.7. The van der Waals surface area contributed by atoms with Gasteiger partial charge in [-0.3, -0.25) is 14.5 Å². The van der Waals surface area contributed by atoms with Crippen molar-refractivity contribution in [2.75, 3.05) is 31.6 Å². The number of urea groups is 1. The molecule has 2 aliphatic heterocycles. The zero-order valence-corrected chi connectivity index (χ0v) is 22.6. The molecule has 3 aromatic rings. The molecule has 2 atom stereocenters. The number of carbonyl (C=O) groups is 3. The third kappa shape index (κ3) is 4.97. The van der Waals surface area contributed by atoms with Gasteiger partial charge in [0, 0.05) is 42.6 Å². The number of hydrogen-bond donors (Lipinski definition) is 1. The number of nitriles is 1. The second kappa shape index (κ2) is 10.7. The predicted molar refractivity (Wildman–Crippen MR) is 148 cm³/mol. The second-order valence-electron chi connectivity index (χ2n) is 9.75. The van der Waals surface area contributed by atoms with Crippen molar-refractivity contribution in [3.05, 3.63) is 99.5 Å². The monoisotopic (exact) mass is 561 g/mol. The first kappa shape index (κ1) is 26.7. The molecule has 0 saturated carbocycles. The lowest BCUT2D eigenvalue weighted by Crippen LogP contribution is -2.54. The van der Waals surface area contributed by atoms with Gasteiger partial charge in [0.05, 0.1) is 23.9 Å². The average Bonchev–Trinajstić information content (AvgIpc) is 3.39. The van der Waals surface area contributed by atoms with E-state index in [4.69, 9.17) is 23.2 Å². The van der Waals surface area contributed by atoms with Gasteiger partial charge in [-0.25, -0.2) is 9.69 Å². The summed E-state index contributed by atoms with van der Waals surface area (Å²) in [5.74, 6) is -1.06. The Labute approximate surface area is 236 Å². The zero-order valence-electron chi connectivity index (χ0n) is 21.1. The van der Waals surface area contributed by atoms with Crippen LogP contribution in [0.25, 0.3) is 0 Å².